The minimum Gasteiger partial charge on any atom is -0.339 e. The van der Waals surface area contributed by atoms with E-state index in [2.05, 4.69) is 9.88 Å². The Morgan fingerprint density at radius 1 is 0.970 bits per heavy atom. The summed E-state index contributed by atoms with van der Waals surface area (Å²) in [6.45, 7) is 5.73. The summed E-state index contributed by atoms with van der Waals surface area (Å²) in [6, 6.07) is 7.90. The van der Waals surface area contributed by atoms with Gasteiger partial charge >= 0.3 is 0 Å². The van der Waals surface area contributed by atoms with E-state index in [0.29, 0.717) is 12.1 Å². The Morgan fingerprint density at radius 2 is 1.67 bits per heavy atom. The van der Waals surface area contributed by atoms with Crippen LogP contribution in [0.3, 0.4) is 0 Å². The number of likely N-dealkylation sites (tertiary alicyclic amines) is 2. The molecule has 1 atom stereocenters. The maximum atomic E-state index is 13.1. The van der Waals surface area contributed by atoms with Crippen molar-refractivity contribution in [3.8, 4) is 0 Å². The van der Waals surface area contributed by atoms with Gasteiger partial charge in [0.1, 0.15) is 5.82 Å². The van der Waals surface area contributed by atoms with E-state index in [4.69, 9.17) is 4.98 Å². The van der Waals surface area contributed by atoms with Gasteiger partial charge in [0.25, 0.3) is 11.8 Å². The molecule has 2 saturated heterocycles. The van der Waals surface area contributed by atoms with Gasteiger partial charge in [-0.2, -0.15) is 0 Å². The molecule has 176 valence electrons. The van der Waals surface area contributed by atoms with Gasteiger partial charge in [0.2, 0.25) is 0 Å². The van der Waals surface area contributed by atoms with E-state index in [1.807, 2.05) is 55.1 Å². The number of hydrogen-bond acceptors (Lipinski definition) is 5. The first kappa shape index (κ1) is 23.4. The molecule has 1 aromatic heterocycles. The quantitative estimate of drug-likeness (QED) is 0.699. The highest BCUT2D eigenvalue weighted by Gasteiger charge is 2.28. The van der Waals surface area contributed by atoms with Crippen molar-refractivity contribution in [2.24, 2.45) is 0 Å². The topological polar surface area (TPSA) is 69.6 Å². The second-order valence-electron chi connectivity index (χ2n) is 9.61. The number of nitrogens with zero attached hydrogens (tertiary/aromatic N) is 5. The summed E-state index contributed by atoms with van der Waals surface area (Å²) in [5.41, 5.74) is 3.24. The molecule has 0 saturated carbocycles. The van der Waals surface area contributed by atoms with Crippen molar-refractivity contribution in [2.75, 3.05) is 40.3 Å². The average molecular weight is 450 g/mol. The molecule has 33 heavy (non-hydrogen) atoms. The van der Waals surface area contributed by atoms with Crippen molar-refractivity contribution in [1.82, 2.24) is 24.7 Å². The largest absolute Gasteiger partial charge is 0.339 e. The highest BCUT2D eigenvalue weighted by molar-refractivity contribution is 5.95. The summed E-state index contributed by atoms with van der Waals surface area (Å²) >= 11 is 0. The van der Waals surface area contributed by atoms with E-state index >= 15 is 0 Å². The van der Waals surface area contributed by atoms with Gasteiger partial charge in [-0.25, -0.2) is 9.97 Å². The van der Waals surface area contributed by atoms with Crippen LogP contribution in [0.4, 0.5) is 0 Å². The van der Waals surface area contributed by atoms with E-state index in [9.17, 15) is 9.59 Å². The first-order valence-corrected chi connectivity index (χ1v) is 12.1. The number of carbonyl (C=O) groups excluding carboxylic acids is 2. The van der Waals surface area contributed by atoms with Crippen LogP contribution < -0.4 is 0 Å². The fourth-order valence-electron chi connectivity index (χ4n) is 4.83. The normalized spacial score (nSPS) is 19.1. The number of piperidine rings is 2. The zero-order valence-corrected chi connectivity index (χ0v) is 20.1. The van der Waals surface area contributed by atoms with Gasteiger partial charge in [0.05, 0.1) is 11.3 Å². The standard InChI is InChI=1S/C26H35N5O2/c1-19-23(26(33)30-13-5-4-6-14-30)16-27-24(28-19)22-8-7-15-31(18-22)25(32)21-11-9-20(10-12-21)17-29(2)3/h9-12,16,22H,4-8,13-15,17-18H2,1-3H3/t22-/m0/s1. The Kier molecular flexibility index (Phi) is 7.38. The summed E-state index contributed by atoms with van der Waals surface area (Å²) in [5.74, 6) is 0.928. The third-order valence-corrected chi connectivity index (χ3v) is 6.65. The highest BCUT2D eigenvalue weighted by Crippen LogP contribution is 2.26. The molecule has 7 heteroatoms. The number of benzene rings is 1. The van der Waals surface area contributed by atoms with Crippen LogP contribution >= 0.6 is 0 Å². The number of amides is 2. The minimum absolute atomic E-state index is 0.0388. The van der Waals surface area contributed by atoms with Crippen LogP contribution in [0.1, 0.15) is 75.8 Å². The average Bonchev–Trinajstić information content (AvgIpc) is 2.84. The number of hydrogen-bond donors (Lipinski definition) is 0. The van der Waals surface area contributed by atoms with Crippen LogP contribution in [0.25, 0.3) is 0 Å². The zero-order valence-electron chi connectivity index (χ0n) is 20.1. The zero-order chi connectivity index (χ0) is 23.4. The van der Waals surface area contributed by atoms with Crippen LogP contribution in [0.2, 0.25) is 0 Å². The fourth-order valence-corrected chi connectivity index (χ4v) is 4.83. The van der Waals surface area contributed by atoms with Crippen molar-refractivity contribution in [3.63, 3.8) is 0 Å². The summed E-state index contributed by atoms with van der Waals surface area (Å²) in [4.78, 5) is 41.2. The van der Waals surface area contributed by atoms with Crippen LogP contribution in [0, 0.1) is 6.92 Å². The second kappa shape index (κ2) is 10.4. The van der Waals surface area contributed by atoms with Gasteiger partial charge in [-0.05, 0) is 70.8 Å². The van der Waals surface area contributed by atoms with Crippen molar-refractivity contribution in [1.29, 1.82) is 0 Å². The first-order chi connectivity index (χ1) is 15.9. The maximum absolute atomic E-state index is 13.1. The molecule has 4 rings (SSSR count). The monoisotopic (exact) mass is 449 g/mol. The molecule has 2 amide bonds. The molecule has 7 nitrogen and oxygen atoms in total. The second-order valence-corrected chi connectivity index (χ2v) is 9.61. The minimum atomic E-state index is 0.0388. The number of aryl methyl sites for hydroxylation is 1. The lowest BCUT2D eigenvalue weighted by Crippen LogP contribution is -2.39. The third kappa shape index (κ3) is 5.58. The Balaban J connectivity index is 1.43. The Bertz CT molecular complexity index is 983. The summed E-state index contributed by atoms with van der Waals surface area (Å²) in [7, 11) is 4.07. The molecule has 0 bridgehead atoms. The molecule has 1 aromatic carbocycles. The van der Waals surface area contributed by atoms with E-state index < -0.39 is 0 Å². The van der Waals surface area contributed by atoms with E-state index in [1.165, 1.54) is 12.0 Å². The van der Waals surface area contributed by atoms with Gasteiger partial charge < -0.3 is 14.7 Å². The van der Waals surface area contributed by atoms with Crippen molar-refractivity contribution in [2.45, 2.75) is 51.5 Å². The predicted molar refractivity (Wildman–Crippen MR) is 128 cm³/mol. The smallest absolute Gasteiger partial charge is 0.257 e. The molecule has 0 spiro atoms. The van der Waals surface area contributed by atoms with Gasteiger partial charge in [-0.1, -0.05) is 12.1 Å². The molecular formula is C26H35N5O2. The number of carbonyl (C=O) groups is 2. The first-order valence-electron chi connectivity index (χ1n) is 12.1. The SMILES string of the molecule is Cc1nc([C@H]2CCCN(C(=O)c3ccc(CN(C)C)cc3)C2)ncc1C(=O)N1CCCCC1. The van der Waals surface area contributed by atoms with E-state index in [1.54, 1.807) is 6.20 Å². The third-order valence-electron chi connectivity index (χ3n) is 6.65. The lowest BCUT2D eigenvalue weighted by molar-refractivity contribution is 0.0704. The van der Waals surface area contributed by atoms with Crippen molar-refractivity contribution < 1.29 is 9.59 Å². The lowest BCUT2D eigenvalue weighted by Gasteiger charge is -2.32. The molecule has 2 aliphatic rings. The molecular weight excluding hydrogens is 414 g/mol. The van der Waals surface area contributed by atoms with E-state index in [0.717, 1.165) is 68.9 Å². The highest BCUT2D eigenvalue weighted by atomic mass is 16.2. The van der Waals surface area contributed by atoms with Crippen LogP contribution in [-0.4, -0.2) is 76.8 Å². The van der Waals surface area contributed by atoms with Crippen LogP contribution in [0.15, 0.2) is 30.5 Å². The molecule has 3 heterocycles. The summed E-state index contributed by atoms with van der Waals surface area (Å²) < 4.78 is 0. The van der Waals surface area contributed by atoms with E-state index in [-0.39, 0.29) is 17.7 Å². The molecule has 2 fully saturated rings. The lowest BCUT2D eigenvalue weighted by atomic mass is 9.96. The summed E-state index contributed by atoms with van der Waals surface area (Å²) in [5, 5.41) is 0. The molecule has 0 unspecified atom stereocenters. The molecule has 0 N–H and O–H groups in total. The van der Waals surface area contributed by atoms with Gasteiger partial charge in [-0.3, -0.25) is 9.59 Å². The molecule has 0 aliphatic carbocycles. The number of aromatic nitrogens is 2. The predicted octanol–water partition coefficient (Wildman–Crippen LogP) is 3.49. The molecule has 2 aromatic rings. The van der Waals surface area contributed by atoms with Gasteiger partial charge in [0.15, 0.2) is 0 Å². The van der Waals surface area contributed by atoms with Crippen molar-refractivity contribution in [3.05, 3.63) is 58.7 Å². The molecule has 2 aliphatic heterocycles. The Hall–Kier alpha value is -2.80. The van der Waals surface area contributed by atoms with Gasteiger partial charge in [0, 0.05) is 50.4 Å². The molecule has 0 radical (unpaired) electrons. The Morgan fingerprint density at radius 3 is 2.33 bits per heavy atom. The van der Waals surface area contributed by atoms with Crippen LogP contribution in [0.5, 0.6) is 0 Å². The van der Waals surface area contributed by atoms with Gasteiger partial charge in [-0.15, -0.1) is 0 Å². The van der Waals surface area contributed by atoms with Crippen molar-refractivity contribution >= 4 is 11.8 Å². The summed E-state index contributed by atoms with van der Waals surface area (Å²) in [6.07, 6.45) is 6.88. The Labute approximate surface area is 196 Å². The number of rotatable bonds is 5. The maximum Gasteiger partial charge on any atom is 0.257 e. The van der Waals surface area contributed by atoms with Crippen LogP contribution in [-0.2, 0) is 6.54 Å². The fraction of sp³-hybridized carbons (Fsp3) is 0.538.